The molecule has 0 aliphatic heterocycles. The summed E-state index contributed by atoms with van der Waals surface area (Å²) >= 11 is 0. The van der Waals surface area contributed by atoms with Crippen molar-refractivity contribution in [2.75, 3.05) is 13.1 Å². The van der Waals surface area contributed by atoms with Crippen LogP contribution in [-0.4, -0.2) is 23.5 Å². The van der Waals surface area contributed by atoms with E-state index in [-0.39, 0.29) is 11.6 Å². The predicted molar refractivity (Wildman–Crippen MR) is 93.6 cm³/mol. The number of rotatable bonds is 9. The summed E-state index contributed by atoms with van der Waals surface area (Å²) in [7, 11) is 0. The van der Waals surface area contributed by atoms with E-state index in [9.17, 15) is 0 Å². The van der Waals surface area contributed by atoms with Crippen LogP contribution in [0.2, 0.25) is 0 Å². The van der Waals surface area contributed by atoms with E-state index in [4.69, 9.17) is 5.73 Å². The Bertz CT molecular complexity index is 389. The van der Waals surface area contributed by atoms with Gasteiger partial charge in [0.1, 0.15) is 0 Å². The summed E-state index contributed by atoms with van der Waals surface area (Å²) in [5, 5.41) is 0. The van der Waals surface area contributed by atoms with Crippen LogP contribution < -0.4 is 5.73 Å². The first-order chi connectivity index (χ1) is 10.1. The maximum Gasteiger partial charge on any atom is 0.0481 e. The maximum absolute atomic E-state index is 6.73. The molecule has 2 nitrogen and oxygen atoms in total. The number of aryl methyl sites for hydroxylation is 1. The maximum atomic E-state index is 6.73. The average molecular weight is 290 g/mol. The summed E-state index contributed by atoms with van der Waals surface area (Å²) in [6, 6.07) is 9.04. The van der Waals surface area contributed by atoms with Crippen molar-refractivity contribution in [3.05, 3.63) is 35.4 Å². The molecule has 1 atom stereocenters. The second-order valence-electron chi connectivity index (χ2n) is 5.95. The lowest BCUT2D eigenvalue weighted by atomic mass is 9.79. The molecule has 1 unspecified atom stereocenters. The highest BCUT2D eigenvalue weighted by molar-refractivity contribution is 5.27. The quantitative estimate of drug-likeness (QED) is 0.723. The fraction of sp³-hybridized carbons (Fsp3) is 0.684. The molecule has 0 amide bonds. The van der Waals surface area contributed by atoms with Gasteiger partial charge in [-0.3, -0.25) is 4.90 Å². The van der Waals surface area contributed by atoms with E-state index in [0.29, 0.717) is 0 Å². The van der Waals surface area contributed by atoms with E-state index < -0.39 is 0 Å². The molecule has 21 heavy (non-hydrogen) atoms. The molecule has 0 fully saturated rings. The number of hydrogen-bond acceptors (Lipinski definition) is 2. The van der Waals surface area contributed by atoms with E-state index in [2.05, 4.69) is 63.8 Å². The first-order valence-electron chi connectivity index (χ1n) is 8.68. The fourth-order valence-corrected chi connectivity index (χ4v) is 3.68. The zero-order chi connectivity index (χ0) is 15.9. The van der Waals surface area contributed by atoms with E-state index in [0.717, 1.165) is 32.4 Å². The van der Waals surface area contributed by atoms with Crippen molar-refractivity contribution in [1.29, 1.82) is 0 Å². The molecule has 2 heteroatoms. The largest absolute Gasteiger partial charge is 0.322 e. The van der Waals surface area contributed by atoms with E-state index >= 15 is 0 Å². The van der Waals surface area contributed by atoms with Crippen molar-refractivity contribution in [3.8, 4) is 0 Å². The van der Waals surface area contributed by atoms with Crippen molar-refractivity contribution in [1.82, 2.24) is 4.90 Å². The Morgan fingerprint density at radius 2 is 1.48 bits per heavy atom. The summed E-state index contributed by atoms with van der Waals surface area (Å²) in [6.07, 6.45) is 4.52. The van der Waals surface area contributed by atoms with Gasteiger partial charge in [-0.1, -0.05) is 65.3 Å². The first kappa shape index (κ1) is 18.2. The van der Waals surface area contributed by atoms with Gasteiger partial charge in [-0.15, -0.1) is 0 Å². The predicted octanol–water partition coefficient (Wildman–Crippen LogP) is 4.54. The molecule has 0 aromatic heterocycles. The van der Waals surface area contributed by atoms with Gasteiger partial charge < -0.3 is 5.73 Å². The van der Waals surface area contributed by atoms with Crippen LogP contribution in [0.25, 0.3) is 0 Å². The van der Waals surface area contributed by atoms with Crippen LogP contribution in [-0.2, 0) is 6.42 Å². The van der Waals surface area contributed by atoms with Crippen LogP contribution in [0.15, 0.2) is 24.3 Å². The van der Waals surface area contributed by atoms with E-state index in [1.54, 1.807) is 0 Å². The molecule has 0 bridgehead atoms. The van der Waals surface area contributed by atoms with Gasteiger partial charge in [-0.05, 0) is 43.5 Å². The molecular formula is C19H34N2. The van der Waals surface area contributed by atoms with Gasteiger partial charge in [0.25, 0.3) is 0 Å². The number of benzene rings is 1. The Labute approximate surface area is 131 Å². The normalized spacial score (nSPS) is 13.7. The second-order valence-corrected chi connectivity index (χ2v) is 5.95. The molecule has 0 saturated carbocycles. The molecule has 0 saturated heterocycles. The van der Waals surface area contributed by atoms with Crippen LogP contribution in [0, 0.1) is 0 Å². The Morgan fingerprint density at radius 1 is 0.952 bits per heavy atom. The van der Waals surface area contributed by atoms with Gasteiger partial charge in [0.05, 0.1) is 0 Å². The summed E-state index contributed by atoms with van der Waals surface area (Å²) < 4.78 is 0. The fourth-order valence-electron chi connectivity index (χ4n) is 3.68. The molecule has 0 heterocycles. The summed E-state index contributed by atoms with van der Waals surface area (Å²) in [4.78, 5) is 2.54. The molecule has 120 valence electrons. The Balaban J connectivity index is 3.07. The number of likely N-dealkylation sites (N-methyl/N-ethyl adjacent to an activating group) is 1. The zero-order valence-corrected chi connectivity index (χ0v) is 14.7. The van der Waals surface area contributed by atoms with Crippen LogP contribution in [0.5, 0.6) is 0 Å². The number of nitrogens with zero attached hydrogens (tertiary/aromatic N) is 1. The molecule has 0 spiro atoms. The van der Waals surface area contributed by atoms with Crippen molar-refractivity contribution in [3.63, 3.8) is 0 Å². The van der Waals surface area contributed by atoms with E-state index in [1.807, 2.05) is 0 Å². The van der Waals surface area contributed by atoms with Crippen molar-refractivity contribution < 1.29 is 0 Å². The summed E-state index contributed by atoms with van der Waals surface area (Å²) in [5.74, 6) is 0. The second kappa shape index (κ2) is 8.55. The molecule has 1 rings (SSSR count). The lowest BCUT2D eigenvalue weighted by Gasteiger charge is -2.46. The first-order valence-corrected chi connectivity index (χ1v) is 8.68. The molecule has 2 N–H and O–H groups in total. The van der Waals surface area contributed by atoms with Gasteiger partial charge in [0.2, 0.25) is 0 Å². The van der Waals surface area contributed by atoms with E-state index in [1.165, 1.54) is 17.5 Å². The molecule has 0 aliphatic rings. The van der Waals surface area contributed by atoms with Crippen molar-refractivity contribution in [2.45, 2.75) is 71.9 Å². The highest BCUT2D eigenvalue weighted by Crippen LogP contribution is 2.35. The zero-order valence-electron chi connectivity index (χ0n) is 14.7. The van der Waals surface area contributed by atoms with Crippen LogP contribution in [0.4, 0.5) is 0 Å². The molecule has 0 radical (unpaired) electrons. The molecule has 0 aliphatic carbocycles. The van der Waals surface area contributed by atoms with Crippen LogP contribution >= 0.6 is 0 Å². The van der Waals surface area contributed by atoms with Crippen LogP contribution in [0.1, 0.15) is 71.0 Å². The monoisotopic (exact) mass is 290 g/mol. The highest BCUT2D eigenvalue weighted by Gasteiger charge is 2.38. The lowest BCUT2D eigenvalue weighted by Crippen LogP contribution is -2.54. The lowest BCUT2D eigenvalue weighted by molar-refractivity contribution is 0.0625. The average Bonchev–Trinajstić information content (AvgIpc) is 2.53. The minimum absolute atomic E-state index is 0.0653. The third-order valence-corrected chi connectivity index (χ3v) is 5.07. The van der Waals surface area contributed by atoms with Crippen LogP contribution in [0.3, 0.4) is 0 Å². The number of hydrogen-bond donors (Lipinski definition) is 1. The Morgan fingerprint density at radius 3 is 1.86 bits per heavy atom. The minimum Gasteiger partial charge on any atom is -0.322 e. The Kier molecular flexibility index (Phi) is 7.41. The Hall–Kier alpha value is -0.860. The van der Waals surface area contributed by atoms with Gasteiger partial charge in [-0.2, -0.15) is 0 Å². The molecular weight excluding hydrogens is 256 g/mol. The molecule has 1 aromatic rings. The molecule has 1 aromatic carbocycles. The minimum atomic E-state index is 0.0653. The van der Waals surface area contributed by atoms with Crippen molar-refractivity contribution >= 4 is 0 Å². The SMILES string of the molecule is CCCc1ccc(C(N)C(CC)(CC)N(CC)CC)cc1. The summed E-state index contributed by atoms with van der Waals surface area (Å²) in [6.45, 7) is 13.3. The standard InChI is InChI=1S/C19H34N2/c1-6-11-16-12-14-17(15-13-16)18(20)19(7-2,8-3)21(9-4)10-5/h12-15,18H,6-11,20H2,1-5H3. The smallest absolute Gasteiger partial charge is 0.0481 e. The van der Waals surface area contributed by atoms with Gasteiger partial charge in [0, 0.05) is 11.6 Å². The van der Waals surface area contributed by atoms with Gasteiger partial charge in [-0.25, -0.2) is 0 Å². The van der Waals surface area contributed by atoms with Crippen molar-refractivity contribution in [2.24, 2.45) is 5.73 Å². The van der Waals surface area contributed by atoms with Gasteiger partial charge >= 0.3 is 0 Å². The highest BCUT2D eigenvalue weighted by atomic mass is 15.2. The third-order valence-electron chi connectivity index (χ3n) is 5.07. The number of nitrogens with two attached hydrogens (primary N) is 1. The van der Waals surface area contributed by atoms with Gasteiger partial charge in [0.15, 0.2) is 0 Å². The third kappa shape index (κ3) is 3.87. The summed E-state index contributed by atoms with van der Waals surface area (Å²) in [5.41, 5.74) is 9.48. The topological polar surface area (TPSA) is 29.3 Å².